The molecule has 1 saturated heterocycles. The molecular weight excluding hydrogens is 496 g/mol. The van der Waals surface area contributed by atoms with Crippen LogP contribution in [0.1, 0.15) is 38.4 Å². The lowest BCUT2D eigenvalue weighted by Gasteiger charge is -2.23. The summed E-state index contributed by atoms with van der Waals surface area (Å²) in [5.41, 5.74) is 1.71. The Morgan fingerprint density at radius 1 is 1.05 bits per heavy atom. The van der Waals surface area contributed by atoms with Crippen LogP contribution in [-0.4, -0.2) is 68.9 Å². The highest BCUT2D eigenvalue weighted by molar-refractivity contribution is 5.83. The van der Waals surface area contributed by atoms with Crippen molar-refractivity contribution in [2.75, 3.05) is 18.5 Å². The van der Waals surface area contributed by atoms with Crippen LogP contribution in [-0.2, 0) is 39.8 Å². The first kappa shape index (κ1) is 26.5. The highest BCUT2D eigenvalue weighted by Crippen LogP contribution is 2.36. The van der Waals surface area contributed by atoms with Gasteiger partial charge in [-0.15, -0.1) is 0 Å². The molecule has 0 spiro atoms. The second-order valence-corrected chi connectivity index (χ2v) is 8.51. The van der Waals surface area contributed by atoms with Crippen LogP contribution in [0.15, 0.2) is 36.7 Å². The molecule has 2 aromatic heterocycles. The molecule has 0 bridgehead atoms. The molecule has 0 aliphatic carbocycles. The fourth-order valence-corrected chi connectivity index (χ4v) is 4.16. The number of esters is 3. The molecule has 198 valence electrons. The first-order valence-electron chi connectivity index (χ1n) is 11.8. The molecule has 38 heavy (non-hydrogen) atoms. The quantitative estimate of drug-likeness (QED) is 0.319. The Bertz CT molecular complexity index is 1370. The monoisotopic (exact) mass is 522 g/mol. The molecule has 4 rings (SSSR count). The number of imidazole rings is 1. The highest BCUT2D eigenvalue weighted by atomic mass is 16.7. The minimum atomic E-state index is -1.12. The summed E-state index contributed by atoms with van der Waals surface area (Å²) in [7, 11) is 0. The van der Waals surface area contributed by atoms with Gasteiger partial charge in [-0.25, -0.2) is 4.98 Å². The molecule has 4 unspecified atom stereocenters. The second kappa shape index (κ2) is 11.7. The summed E-state index contributed by atoms with van der Waals surface area (Å²) in [6.07, 6.45) is -2.11. The van der Waals surface area contributed by atoms with Gasteiger partial charge in [0.1, 0.15) is 18.8 Å². The van der Waals surface area contributed by atoms with Crippen LogP contribution in [0.2, 0.25) is 0 Å². The topological polar surface area (TPSA) is 168 Å². The maximum atomic E-state index is 12.0. The Hall–Kier alpha value is -4.57. The largest absolute Gasteiger partial charge is 0.463 e. The maximum Gasteiger partial charge on any atom is 0.303 e. The smallest absolute Gasteiger partial charge is 0.303 e. The number of nitrogens with zero attached hydrogens (tertiary/aromatic N) is 5. The van der Waals surface area contributed by atoms with Gasteiger partial charge in [0.2, 0.25) is 5.82 Å². The summed E-state index contributed by atoms with van der Waals surface area (Å²) < 4.78 is 23.5. The average Bonchev–Trinajstić information content (AvgIpc) is 3.44. The van der Waals surface area contributed by atoms with E-state index >= 15 is 0 Å². The predicted octanol–water partition coefficient (Wildman–Crippen LogP) is 1.68. The van der Waals surface area contributed by atoms with Gasteiger partial charge < -0.3 is 24.3 Å². The predicted molar refractivity (Wildman–Crippen MR) is 130 cm³/mol. The molecule has 1 aromatic carbocycles. The Kier molecular flexibility index (Phi) is 8.12. The summed E-state index contributed by atoms with van der Waals surface area (Å²) in [6.45, 7) is 3.90. The summed E-state index contributed by atoms with van der Waals surface area (Å²) in [5.74, 6) is -1.62. The number of anilines is 1. The number of aromatic nitrogens is 4. The van der Waals surface area contributed by atoms with Gasteiger partial charge in [0.05, 0.1) is 6.33 Å². The SMILES string of the molecule is CC(=O)OCC1OC(n2cnc3c(NCCc4ccccc4)nc(C#N)nc32)C(OC(C)=O)C1OC(C)=O. The van der Waals surface area contributed by atoms with Crippen molar-refractivity contribution < 1.29 is 33.3 Å². The number of nitrogens with one attached hydrogen (secondary N) is 1. The minimum absolute atomic E-state index is 0.114. The van der Waals surface area contributed by atoms with E-state index in [0.717, 1.165) is 5.56 Å². The Balaban J connectivity index is 1.68. The van der Waals surface area contributed by atoms with Crippen LogP contribution in [0.4, 0.5) is 5.82 Å². The van der Waals surface area contributed by atoms with Crippen LogP contribution >= 0.6 is 0 Å². The number of carbonyl (C=O) groups is 3. The molecule has 0 amide bonds. The number of ether oxygens (including phenoxy) is 4. The zero-order valence-corrected chi connectivity index (χ0v) is 21.0. The first-order valence-corrected chi connectivity index (χ1v) is 11.8. The average molecular weight is 523 g/mol. The zero-order valence-electron chi connectivity index (χ0n) is 21.0. The molecule has 0 radical (unpaired) electrons. The summed E-state index contributed by atoms with van der Waals surface area (Å²) in [4.78, 5) is 48.2. The standard InChI is InChI=1S/C25H26N6O7/c1-14(32)35-12-18-21(36-15(2)33)22(37-16(3)34)25(38-18)31-13-28-20-23(29-19(11-26)30-24(20)31)27-10-9-17-7-5-4-6-8-17/h4-8,13,18,21-22,25H,9-10,12H2,1-3H3,(H,27,29,30). The third-order valence-corrected chi connectivity index (χ3v) is 5.68. The molecule has 1 aliphatic rings. The summed E-state index contributed by atoms with van der Waals surface area (Å²) in [6, 6.07) is 11.8. The van der Waals surface area contributed by atoms with E-state index in [1.807, 2.05) is 36.4 Å². The van der Waals surface area contributed by atoms with Crippen molar-refractivity contribution >= 4 is 34.9 Å². The van der Waals surface area contributed by atoms with Crippen molar-refractivity contribution in [3.8, 4) is 6.07 Å². The van der Waals surface area contributed by atoms with Gasteiger partial charge in [0, 0.05) is 27.3 Å². The van der Waals surface area contributed by atoms with Gasteiger partial charge >= 0.3 is 17.9 Å². The summed E-state index contributed by atoms with van der Waals surface area (Å²) >= 11 is 0. The van der Waals surface area contributed by atoms with Crippen LogP contribution in [0.25, 0.3) is 11.2 Å². The molecule has 13 nitrogen and oxygen atoms in total. The minimum Gasteiger partial charge on any atom is -0.463 e. The van der Waals surface area contributed by atoms with Crippen molar-refractivity contribution in [3.63, 3.8) is 0 Å². The molecule has 3 heterocycles. The molecule has 1 aliphatic heterocycles. The molecule has 0 saturated carbocycles. The lowest BCUT2D eigenvalue weighted by molar-refractivity contribution is -0.166. The van der Waals surface area contributed by atoms with E-state index in [0.29, 0.717) is 24.3 Å². The molecule has 4 atom stereocenters. The Morgan fingerprint density at radius 2 is 1.76 bits per heavy atom. The van der Waals surface area contributed by atoms with Gasteiger partial charge in [-0.1, -0.05) is 30.3 Å². The number of fused-ring (bicyclic) bond motifs is 1. The molecule has 1 fully saturated rings. The highest BCUT2D eigenvalue weighted by Gasteiger charge is 2.51. The van der Waals surface area contributed by atoms with E-state index in [2.05, 4.69) is 20.3 Å². The van der Waals surface area contributed by atoms with Crippen LogP contribution in [0, 0.1) is 11.3 Å². The Labute approximate surface area is 217 Å². The van der Waals surface area contributed by atoms with E-state index in [9.17, 15) is 19.6 Å². The van der Waals surface area contributed by atoms with Gasteiger partial charge in [-0.05, 0) is 12.0 Å². The number of benzene rings is 1. The van der Waals surface area contributed by atoms with E-state index in [4.69, 9.17) is 18.9 Å². The lowest BCUT2D eigenvalue weighted by Crippen LogP contribution is -2.40. The van der Waals surface area contributed by atoms with Crippen molar-refractivity contribution in [1.82, 2.24) is 19.5 Å². The number of nitriles is 1. The molecular formula is C25H26N6O7. The van der Waals surface area contributed by atoms with Crippen LogP contribution in [0.3, 0.4) is 0 Å². The van der Waals surface area contributed by atoms with Crippen molar-refractivity contribution in [2.45, 2.75) is 51.7 Å². The maximum absolute atomic E-state index is 12.0. The zero-order chi connectivity index (χ0) is 27.2. The number of carbonyl (C=O) groups excluding carboxylic acids is 3. The number of hydrogen-bond donors (Lipinski definition) is 1. The van der Waals surface area contributed by atoms with E-state index in [1.165, 1.54) is 31.7 Å². The van der Waals surface area contributed by atoms with Crippen LogP contribution in [0.5, 0.6) is 0 Å². The van der Waals surface area contributed by atoms with E-state index in [-0.39, 0.29) is 18.1 Å². The van der Waals surface area contributed by atoms with Gasteiger partial charge in [-0.3, -0.25) is 19.0 Å². The van der Waals surface area contributed by atoms with E-state index in [1.54, 1.807) is 0 Å². The van der Waals surface area contributed by atoms with Crippen LogP contribution < -0.4 is 5.32 Å². The molecule has 13 heteroatoms. The number of rotatable bonds is 9. The van der Waals surface area contributed by atoms with E-state index < -0.39 is 42.4 Å². The van der Waals surface area contributed by atoms with Gasteiger partial charge in [-0.2, -0.15) is 15.2 Å². The van der Waals surface area contributed by atoms with Gasteiger partial charge in [0.15, 0.2) is 35.4 Å². The first-order chi connectivity index (χ1) is 18.3. The van der Waals surface area contributed by atoms with Crippen molar-refractivity contribution in [1.29, 1.82) is 5.26 Å². The van der Waals surface area contributed by atoms with Crippen molar-refractivity contribution in [2.24, 2.45) is 0 Å². The Morgan fingerprint density at radius 3 is 2.42 bits per heavy atom. The fourth-order valence-electron chi connectivity index (χ4n) is 4.16. The lowest BCUT2D eigenvalue weighted by atomic mass is 10.1. The van der Waals surface area contributed by atoms with Crippen molar-refractivity contribution in [3.05, 3.63) is 48.0 Å². The van der Waals surface area contributed by atoms with Gasteiger partial charge in [0.25, 0.3) is 0 Å². The normalized spacial score (nSPS) is 20.5. The third kappa shape index (κ3) is 6.04. The molecule has 3 aromatic rings. The fraction of sp³-hybridized carbons (Fsp3) is 0.400. The molecule has 1 N–H and O–H groups in total. The number of hydrogen-bond acceptors (Lipinski definition) is 12. The second-order valence-electron chi connectivity index (χ2n) is 8.51. The summed E-state index contributed by atoms with van der Waals surface area (Å²) in [5, 5.41) is 12.8. The third-order valence-electron chi connectivity index (χ3n) is 5.68.